The first kappa shape index (κ1) is 20.9. The van der Waals surface area contributed by atoms with Gasteiger partial charge in [-0.05, 0) is 0 Å². The SMILES string of the molecule is CN1N=C(N)c2cn([C@@H]3O[C@H](COC(=O)C[C@@H](N)C(=O)O)[C@@H](O)[C@H]3O)c3ncnc1c23. The van der Waals surface area contributed by atoms with Gasteiger partial charge in [-0.3, -0.25) is 9.59 Å². The van der Waals surface area contributed by atoms with Crippen LogP contribution in [0, 0.1) is 0 Å². The minimum atomic E-state index is -1.40. The Labute approximate surface area is 174 Å². The maximum absolute atomic E-state index is 11.8. The highest BCUT2D eigenvalue weighted by Crippen LogP contribution is 2.37. The first-order valence-corrected chi connectivity index (χ1v) is 9.28. The Morgan fingerprint density at radius 1 is 1.32 bits per heavy atom. The fraction of sp³-hybridized carbons (Fsp3) is 0.471. The van der Waals surface area contributed by atoms with E-state index in [-0.39, 0.29) is 5.84 Å². The van der Waals surface area contributed by atoms with Crippen molar-refractivity contribution in [1.29, 1.82) is 0 Å². The van der Waals surface area contributed by atoms with Gasteiger partial charge >= 0.3 is 11.9 Å². The molecule has 0 spiro atoms. The molecule has 0 aliphatic carbocycles. The number of anilines is 1. The minimum Gasteiger partial charge on any atom is -0.480 e. The van der Waals surface area contributed by atoms with Gasteiger partial charge in [-0.15, -0.1) is 0 Å². The average Bonchev–Trinajstić information content (AvgIpc) is 3.24. The van der Waals surface area contributed by atoms with Crippen molar-refractivity contribution >= 4 is 34.6 Å². The summed E-state index contributed by atoms with van der Waals surface area (Å²) in [5.41, 5.74) is 12.3. The lowest BCUT2D eigenvalue weighted by atomic mass is 10.1. The van der Waals surface area contributed by atoms with Crippen LogP contribution in [-0.2, 0) is 19.1 Å². The molecule has 31 heavy (non-hydrogen) atoms. The monoisotopic (exact) mass is 435 g/mol. The minimum absolute atomic E-state index is 0.224. The highest BCUT2D eigenvalue weighted by atomic mass is 16.6. The van der Waals surface area contributed by atoms with Gasteiger partial charge in [0.05, 0.1) is 11.8 Å². The number of esters is 1. The van der Waals surface area contributed by atoms with Gasteiger partial charge in [0.25, 0.3) is 0 Å². The first-order chi connectivity index (χ1) is 14.7. The van der Waals surface area contributed by atoms with E-state index in [1.807, 2.05) is 0 Å². The number of rotatable bonds is 6. The van der Waals surface area contributed by atoms with Crippen molar-refractivity contribution in [2.24, 2.45) is 16.6 Å². The lowest BCUT2D eigenvalue weighted by Crippen LogP contribution is -2.36. The van der Waals surface area contributed by atoms with E-state index in [9.17, 15) is 19.8 Å². The van der Waals surface area contributed by atoms with Crippen LogP contribution in [0.3, 0.4) is 0 Å². The zero-order valence-corrected chi connectivity index (χ0v) is 16.3. The first-order valence-electron chi connectivity index (χ1n) is 9.28. The number of carboxylic acid groups (broad SMARTS) is 1. The Morgan fingerprint density at radius 3 is 2.77 bits per heavy atom. The number of nitrogens with two attached hydrogens (primary N) is 2. The molecule has 0 bridgehead atoms. The maximum Gasteiger partial charge on any atom is 0.321 e. The third-order valence-electron chi connectivity index (χ3n) is 5.15. The quantitative estimate of drug-likeness (QED) is 0.297. The summed E-state index contributed by atoms with van der Waals surface area (Å²) >= 11 is 0. The van der Waals surface area contributed by atoms with Gasteiger partial charge in [-0.2, -0.15) is 5.10 Å². The van der Waals surface area contributed by atoms with Crippen molar-refractivity contribution < 1.29 is 34.4 Å². The van der Waals surface area contributed by atoms with E-state index in [1.165, 1.54) is 15.9 Å². The van der Waals surface area contributed by atoms with E-state index < -0.39 is 55.5 Å². The molecule has 7 N–H and O–H groups in total. The third-order valence-corrected chi connectivity index (χ3v) is 5.15. The normalized spacial score (nSPS) is 26.1. The van der Waals surface area contributed by atoms with E-state index in [1.54, 1.807) is 13.2 Å². The summed E-state index contributed by atoms with van der Waals surface area (Å²) in [6.45, 7) is -0.404. The summed E-state index contributed by atoms with van der Waals surface area (Å²) in [5.74, 6) is -1.47. The lowest BCUT2D eigenvalue weighted by molar-refractivity contribution is -0.153. The number of aliphatic hydroxyl groups is 2. The fourth-order valence-electron chi connectivity index (χ4n) is 3.56. The second-order valence-corrected chi connectivity index (χ2v) is 7.23. The number of hydrazone groups is 1. The Bertz CT molecular complexity index is 1070. The number of aromatic nitrogens is 3. The molecule has 2 aliphatic heterocycles. The van der Waals surface area contributed by atoms with Gasteiger partial charge in [0.2, 0.25) is 0 Å². The van der Waals surface area contributed by atoms with E-state index in [4.69, 9.17) is 26.0 Å². The largest absolute Gasteiger partial charge is 0.480 e. The maximum atomic E-state index is 11.8. The van der Waals surface area contributed by atoms with Crippen LogP contribution in [0.5, 0.6) is 0 Å². The molecule has 14 heteroatoms. The van der Waals surface area contributed by atoms with Crippen LogP contribution in [0.4, 0.5) is 5.82 Å². The molecule has 5 atom stereocenters. The third kappa shape index (κ3) is 3.54. The van der Waals surface area contributed by atoms with Crippen molar-refractivity contribution in [3.8, 4) is 0 Å². The number of carbonyl (C=O) groups excluding carboxylic acids is 1. The van der Waals surface area contributed by atoms with Crippen LogP contribution in [-0.4, -0.2) is 85.6 Å². The van der Waals surface area contributed by atoms with E-state index >= 15 is 0 Å². The van der Waals surface area contributed by atoms with Crippen LogP contribution in [0.1, 0.15) is 18.2 Å². The zero-order valence-electron chi connectivity index (χ0n) is 16.3. The van der Waals surface area contributed by atoms with Crippen molar-refractivity contribution in [1.82, 2.24) is 14.5 Å². The number of hydrogen-bond donors (Lipinski definition) is 5. The number of hydrogen-bond acceptors (Lipinski definition) is 12. The predicted molar refractivity (Wildman–Crippen MR) is 104 cm³/mol. The summed E-state index contributed by atoms with van der Waals surface area (Å²) in [6.07, 6.45) is -2.50. The number of carboxylic acids is 1. The van der Waals surface area contributed by atoms with Crippen molar-refractivity contribution in [2.75, 3.05) is 18.7 Å². The van der Waals surface area contributed by atoms with Crippen LogP contribution >= 0.6 is 0 Å². The molecule has 2 aromatic heterocycles. The van der Waals surface area contributed by atoms with E-state index in [2.05, 4.69) is 15.1 Å². The van der Waals surface area contributed by atoms with Crippen LogP contribution in [0.2, 0.25) is 0 Å². The molecule has 0 amide bonds. The summed E-state index contributed by atoms with van der Waals surface area (Å²) < 4.78 is 12.2. The molecule has 0 aromatic carbocycles. The van der Waals surface area contributed by atoms with Crippen LogP contribution < -0.4 is 16.5 Å². The number of nitrogens with zero attached hydrogens (tertiary/aromatic N) is 5. The van der Waals surface area contributed by atoms with Crippen molar-refractivity contribution in [2.45, 2.75) is 37.0 Å². The summed E-state index contributed by atoms with van der Waals surface area (Å²) in [7, 11) is 1.68. The molecular formula is C17H21N7O7. The topological polar surface area (TPSA) is 212 Å². The number of ether oxygens (including phenoxy) is 2. The standard InChI is InChI=1S/C17H21N7O7/c1-23-14-10-6(13(19)22-23)3-24(15(10)21-5-20-14)16-12(27)11(26)8(31-16)4-30-9(25)2-7(18)17(28)29/h3,5,7-8,11-12,16,26-27H,2,4,18H2,1H3,(H2,19,22)(H,28,29)/t7-,8-,11-,12-,16-/m1/s1. The molecule has 0 radical (unpaired) electrons. The van der Waals surface area contributed by atoms with Gasteiger partial charge in [-0.25, -0.2) is 15.0 Å². The lowest BCUT2D eigenvalue weighted by Gasteiger charge is -2.19. The highest BCUT2D eigenvalue weighted by molar-refractivity contribution is 6.13. The Morgan fingerprint density at radius 2 is 2.06 bits per heavy atom. The van der Waals surface area contributed by atoms with Crippen LogP contribution in [0.25, 0.3) is 11.0 Å². The second-order valence-electron chi connectivity index (χ2n) is 7.23. The molecule has 0 unspecified atom stereocenters. The Balaban J connectivity index is 1.54. The number of aliphatic carboxylic acids is 1. The number of aliphatic hydroxyl groups excluding tert-OH is 2. The molecule has 0 saturated carbocycles. The predicted octanol–water partition coefficient (Wildman–Crippen LogP) is -2.53. The average molecular weight is 435 g/mol. The summed E-state index contributed by atoms with van der Waals surface area (Å²) in [6, 6.07) is -1.40. The Hall–Kier alpha value is -3.33. The molecule has 166 valence electrons. The Kier molecular flexibility index (Phi) is 5.22. The molecule has 14 nitrogen and oxygen atoms in total. The van der Waals surface area contributed by atoms with Gasteiger partial charge < -0.3 is 40.8 Å². The van der Waals surface area contributed by atoms with Gasteiger partial charge in [0.15, 0.2) is 17.9 Å². The number of amidine groups is 1. The van der Waals surface area contributed by atoms with Crippen molar-refractivity contribution in [3.63, 3.8) is 0 Å². The van der Waals surface area contributed by atoms with Gasteiger partial charge in [0.1, 0.15) is 42.9 Å². The number of carbonyl (C=O) groups is 2. The molecule has 1 fully saturated rings. The zero-order chi connectivity index (χ0) is 22.4. The fourth-order valence-corrected chi connectivity index (χ4v) is 3.56. The van der Waals surface area contributed by atoms with Gasteiger partial charge in [0, 0.05) is 18.8 Å². The second kappa shape index (κ2) is 7.73. The molecule has 4 rings (SSSR count). The highest BCUT2D eigenvalue weighted by Gasteiger charge is 2.45. The molecular weight excluding hydrogens is 414 g/mol. The van der Waals surface area contributed by atoms with Gasteiger partial charge in [-0.1, -0.05) is 0 Å². The molecule has 2 aromatic rings. The molecule has 2 aliphatic rings. The van der Waals surface area contributed by atoms with Crippen molar-refractivity contribution in [3.05, 3.63) is 18.1 Å². The molecule has 4 heterocycles. The smallest absolute Gasteiger partial charge is 0.321 e. The van der Waals surface area contributed by atoms with E-state index in [0.29, 0.717) is 22.4 Å². The summed E-state index contributed by atoms with van der Waals surface area (Å²) in [4.78, 5) is 31.0. The van der Waals surface area contributed by atoms with Crippen LogP contribution in [0.15, 0.2) is 17.6 Å². The molecule has 1 saturated heterocycles. The van der Waals surface area contributed by atoms with E-state index in [0.717, 1.165) is 0 Å². The summed E-state index contributed by atoms with van der Waals surface area (Å²) in [5, 5.41) is 36.0.